The number of hydrogen-bond acceptors (Lipinski definition) is 5. The van der Waals surface area contributed by atoms with Gasteiger partial charge in [-0.3, -0.25) is 10.00 Å². The summed E-state index contributed by atoms with van der Waals surface area (Å²) < 4.78 is 6.51. The Labute approximate surface area is 193 Å². The Morgan fingerprint density at radius 2 is 2.00 bits per heavy atom. The predicted molar refractivity (Wildman–Crippen MR) is 128 cm³/mol. The van der Waals surface area contributed by atoms with E-state index in [1.54, 1.807) is 0 Å². The Hall–Kier alpha value is -2.44. The highest BCUT2D eigenvalue weighted by Crippen LogP contribution is 2.50. The van der Waals surface area contributed by atoms with Gasteiger partial charge in [0.15, 0.2) is 0 Å². The van der Waals surface area contributed by atoms with Gasteiger partial charge in [-0.1, -0.05) is 37.4 Å². The molecule has 0 bridgehead atoms. The number of fused-ring (bicyclic) bond motifs is 4. The predicted octanol–water partition coefficient (Wildman–Crippen LogP) is 5.96. The van der Waals surface area contributed by atoms with E-state index in [1.807, 2.05) is 6.07 Å². The van der Waals surface area contributed by atoms with E-state index in [0.29, 0.717) is 12.5 Å². The van der Waals surface area contributed by atoms with E-state index < -0.39 is 0 Å². The molecular weight excluding hydrogens is 422 g/mol. The molecule has 2 aromatic heterocycles. The van der Waals surface area contributed by atoms with E-state index in [4.69, 9.17) is 16.0 Å². The third-order valence-corrected chi connectivity index (χ3v) is 7.49. The van der Waals surface area contributed by atoms with Crippen LogP contribution in [0.5, 0.6) is 0 Å². The molecule has 1 aromatic carbocycles. The molecule has 6 nitrogen and oxygen atoms in total. The first-order valence-electron chi connectivity index (χ1n) is 11.7. The second-order valence-electron chi connectivity index (χ2n) is 9.87. The number of rotatable bonds is 5. The fourth-order valence-electron chi connectivity index (χ4n) is 5.59. The largest absolute Gasteiger partial charge is 0.459 e. The highest BCUT2D eigenvalue weighted by molar-refractivity contribution is 6.34. The molecule has 2 saturated carbocycles. The van der Waals surface area contributed by atoms with Gasteiger partial charge in [-0.15, -0.1) is 0 Å². The van der Waals surface area contributed by atoms with Crippen molar-refractivity contribution < 1.29 is 4.42 Å². The second kappa shape index (κ2) is 7.56. The molecule has 3 aromatic rings. The Morgan fingerprint density at radius 1 is 1.19 bits per heavy atom. The van der Waals surface area contributed by atoms with Gasteiger partial charge in [0, 0.05) is 29.1 Å². The molecule has 3 aliphatic rings. The molecule has 2 aliphatic carbocycles. The summed E-state index contributed by atoms with van der Waals surface area (Å²) in [5.41, 5.74) is 5.26. The third-order valence-electron chi connectivity index (χ3n) is 7.19. The van der Waals surface area contributed by atoms with Crippen LogP contribution < -0.4 is 10.6 Å². The van der Waals surface area contributed by atoms with Crippen LogP contribution in [0.2, 0.25) is 5.02 Å². The van der Waals surface area contributed by atoms with Crippen LogP contribution in [0, 0.1) is 0 Å². The van der Waals surface area contributed by atoms with E-state index in [1.165, 1.54) is 43.4 Å². The van der Waals surface area contributed by atoms with E-state index in [9.17, 15) is 0 Å². The molecular formula is C25H30ClN5O. The fourth-order valence-corrected chi connectivity index (χ4v) is 5.85. The quantitative estimate of drug-likeness (QED) is 0.446. The number of furan rings is 1. The van der Waals surface area contributed by atoms with Gasteiger partial charge in [0.05, 0.1) is 34.3 Å². The summed E-state index contributed by atoms with van der Waals surface area (Å²) in [5.74, 6) is 2.45. The molecule has 168 valence electrons. The number of aromatic nitrogens is 2. The van der Waals surface area contributed by atoms with Crippen LogP contribution in [-0.2, 0) is 18.6 Å². The monoisotopic (exact) mass is 451 g/mol. The minimum atomic E-state index is -0.158. The average molecular weight is 452 g/mol. The van der Waals surface area contributed by atoms with Gasteiger partial charge >= 0.3 is 0 Å². The molecule has 6 rings (SSSR count). The van der Waals surface area contributed by atoms with Crippen molar-refractivity contribution in [3.8, 4) is 0 Å². The average Bonchev–Trinajstić information content (AvgIpc) is 3.38. The summed E-state index contributed by atoms with van der Waals surface area (Å²) in [6, 6.07) is 6.36. The number of nitrogens with one attached hydrogen (secondary N) is 3. The third kappa shape index (κ3) is 3.50. The topological polar surface area (TPSA) is 69.1 Å². The van der Waals surface area contributed by atoms with Crippen molar-refractivity contribution in [2.75, 3.05) is 12.4 Å². The van der Waals surface area contributed by atoms with E-state index in [2.05, 4.69) is 51.5 Å². The van der Waals surface area contributed by atoms with Gasteiger partial charge in [0.2, 0.25) is 0 Å². The summed E-state index contributed by atoms with van der Waals surface area (Å²) in [6.45, 7) is 5.66. The summed E-state index contributed by atoms with van der Waals surface area (Å²) >= 11 is 6.75. The zero-order chi connectivity index (χ0) is 21.9. The molecule has 3 heterocycles. The molecule has 0 saturated heterocycles. The molecule has 3 N–H and O–H groups in total. The summed E-state index contributed by atoms with van der Waals surface area (Å²) in [7, 11) is 2.11. The first-order valence-corrected chi connectivity index (χ1v) is 12.1. The first-order chi connectivity index (χ1) is 15.5. The minimum Gasteiger partial charge on any atom is -0.459 e. The molecule has 0 atom stereocenters. The number of H-pyrrole nitrogens is 1. The fraction of sp³-hybridized carbons (Fsp3) is 0.480. The van der Waals surface area contributed by atoms with Gasteiger partial charge in [-0.2, -0.15) is 5.10 Å². The lowest BCUT2D eigenvalue weighted by molar-refractivity contribution is 0.248. The maximum absolute atomic E-state index is 6.75. The second-order valence-corrected chi connectivity index (χ2v) is 10.3. The summed E-state index contributed by atoms with van der Waals surface area (Å²) in [4.78, 5) is 2.24. The maximum Gasteiger partial charge on any atom is 0.142 e. The van der Waals surface area contributed by atoms with Crippen molar-refractivity contribution in [1.82, 2.24) is 20.4 Å². The van der Waals surface area contributed by atoms with Gasteiger partial charge in [-0.05, 0) is 50.9 Å². The number of halogens is 1. The molecule has 1 spiro atoms. The standard InChI is InChI=1S/C25H30ClN5O/c1-15-27-23-20(26)11-17-10-19(14-31(2)13-18-12-21(30-29-18)16-6-7-16)32-24(17)22(23)25(28-15)8-4-3-5-9-25/h10-12,16,27-28H,1,3-9,13-14H2,2H3,(H,29,30). The molecule has 0 amide bonds. The molecule has 7 heteroatoms. The lowest BCUT2D eigenvalue weighted by atomic mass is 9.74. The minimum absolute atomic E-state index is 0.158. The van der Waals surface area contributed by atoms with Crippen molar-refractivity contribution >= 4 is 28.3 Å². The van der Waals surface area contributed by atoms with Crippen LogP contribution in [0.25, 0.3) is 11.0 Å². The molecule has 0 unspecified atom stereocenters. The Bertz CT molecular complexity index is 1180. The van der Waals surface area contributed by atoms with Gasteiger partial charge in [-0.25, -0.2) is 0 Å². The van der Waals surface area contributed by atoms with E-state index >= 15 is 0 Å². The van der Waals surface area contributed by atoms with Gasteiger partial charge < -0.3 is 15.1 Å². The lowest BCUT2D eigenvalue weighted by Crippen LogP contribution is -2.48. The van der Waals surface area contributed by atoms with Crippen LogP contribution in [0.4, 0.5) is 5.69 Å². The smallest absolute Gasteiger partial charge is 0.142 e. The van der Waals surface area contributed by atoms with Gasteiger partial charge in [0.1, 0.15) is 11.3 Å². The number of nitrogens with zero attached hydrogens (tertiary/aromatic N) is 2. The molecule has 0 radical (unpaired) electrons. The molecule has 32 heavy (non-hydrogen) atoms. The summed E-state index contributed by atoms with van der Waals surface area (Å²) in [6.07, 6.45) is 8.34. The highest BCUT2D eigenvalue weighted by atomic mass is 35.5. The van der Waals surface area contributed by atoms with Crippen LogP contribution in [0.15, 0.2) is 35.0 Å². The maximum atomic E-state index is 6.75. The first kappa shape index (κ1) is 20.2. The van der Waals surface area contributed by atoms with Crippen molar-refractivity contribution in [3.63, 3.8) is 0 Å². The Morgan fingerprint density at radius 3 is 2.78 bits per heavy atom. The highest BCUT2D eigenvalue weighted by Gasteiger charge is 2.42. The zero-order valence-corrected chi connectivity index (χ0v) is 19.3. The van der Waals surface area contributed by atoms with Crippen molar-refractivity contribution in [1.29, 1.82) is 0 Å². The normalized spacial score (nSPS) is 19.9. The van der Waals surface area contributed by atoms with Crippen LogP contribution in [-0.4, -0.2) is 22.1 Å². The molecule has 1 aliphatic heterocycles. The number of hydrogen-bond donors (Lipinski definition) is 3. The van der Waals surface area contributed by atoms with Crippen molar-refractivity contribution in [3.05, 3.63) is 58.3 Å². The number of aromatic amines is 1. The number of anilines is 1. The van der Waals surface area contributed by atoms with Crippen LogP contribution >= 0.6 is 11.6 Å². The van der Waals surface area contributed by atoms with E-state index in [-0.39, 0.29) is 5.54 Å². The van der Waals surface area contributed by atoms with Gasteiger partial charge in [0.25, 0.3) is 0 Å². The van der Waals surface area contributed by atoms with Crippen molar-refractivity contribution in [2.24, 2.45) is 0 Å². The van der Waals surface area contributed by atoms with Crippen molar-refractivity contribution in [2.45, 2.75) is 69.5 Å². The Balaban J connectivity index is 1.31. The zero-order valence-electron chi connectivity index (χ0n) is 18.6. The SMILES string of the molecule is C=C1Nc2c(Cl)cc3cc(CN(C)Cc4cc(C5CC5)[nH]n4)oc3c2C2(CCCCC2)N1. The van der Waals surface area contributed by atoms with Crippen LogP contribution in [0.1, 0.15) is 73.6 Å². The summed E-state index contributed by atoms with van der Waals surface area (Å²) in [5, 5.41) is 16.5. The number of benzene rings is 1. The van der Waals surface area contributed by atoms with E-state index in [0.717, 1.165) is 58.3 Å². The van der Waals surface area contributed by atoms with Crippen LogP contribution in [0.3, 0.4) is 0 Å². The molecule has 2 fully saturated rings. The Kier molecular flexibility index (Phi) is 4.77. The lowest BCUT2D eigenvalue weighted by Gasteiger charge is -2.44.